The standard InChI is InChI=1S/C20H12BrN3O3/c1-23-16-9-10(5-8-15(16)22-20(23)27)24-18(25)12-4-2-3-11-14(21)7-6-13(17(11)12)19(24)26/h2-9H,1H3,(H,22,27). The van der Waals surface area contributed by atoms with E-state index in [-0.39, 0.29) is 17.5 Å². The van der Waals surface area contributed by atoms with Gasteiger partial charge in [-0.3, -0.25) is 14.2 Å². The number of H-pyrrole nitrogens is 1. The number of anilines is 1. The SMILES string of the molecule is Cn1c(=O)[nH]c2ccc(N3C(=O)c4cccc5c(Br)ccc(c45)C3=O)cc21. The number of fused-ring (bicyclic) bond motifs is 1. The van der Waals surface area contributed by atoms with Crippen molar-refractivity contribution in [1.82, 2.24) is 9.55 Å². The third-order valence-corrected chi connectivity index (χ3v) is 5.69. The zero-order valence-electron chi connectivity index (χ0n) is 14.1. The molecule has 0 bridgehead atoms. The largest absolute Gasteiger partial charge is 0.326 e. The zero-order chi connectivity index (χ0) is 18.9. The summed E-state index contributed by atoms with van der Waals surface area (Å²) in [5.74, 6) is -0.757. The average Bonchev–Trinajstić information content (AvgIpc) is 2.95. The molecule has 0 radical (unpaired) electrons. The normalized spacial score (nSPS) is 13.8. The van der Waals surface area contributed by atoms with Crippen LogP contribution in [0.1, 0.15) is 20.7 Å². The molecule has 0 saturated carbocycles. The third-order valence-electron chi connectivity index (χ3n) is 5.00. The highest BCUT2D eigenvalue weighted by molar-refractivity contribution is 9.10. The van der Waals surface area contributed by atoms with Gasteiger partial charge in [0.15, 0.2) is 0 Å². The lowest BCUT2D eigenvalue weighted by molar-refractivity contribution is 0.0893. The summed E-state index contributed by atoms with van der Waals surface area (Å²) in [6, 6.07) is 14.0. The molecule has 1 N–H and O–H groups in total. The van der Waals surface area contributed by atoms with Crippen LogP contribution in [0.3, 0.4) is 0 Å². The second kappa shape index (κ2) is 5.40. The first-order valence-electron chi connectivity index (χ1n) is 8.26. The molecular weight excluding hydrogens is 410 g/mol. The van der Waals surface area contributed by atoms with E-state index in [0.717, 1.165) is 9.86 Å². The molecule has 1 aromatic heterocycles. The molecule has 4 aromatic rings. The van der Waals surface area contributed by atoms with Crippen LogP contribution in [-0.4, -0.2) is 21.4 Å². The molecule has 0 spiro atoms. The first kappa shape index (κ1) is 16.0. The average molecular weight is 422 g/mol. The molecule has 6 nitrogen and oxygen atoms in total. The number of aromatic nitrogens is 2. The molecule has 27 heavy (non-hydrogen) atoms. The summed E-state index contributed by atoms with van der Waals surface area (Å²) in [4.78, 5) is 42.1. The quantitative estimate of drug-likeness (QED) is 0.477. The van der Waals surface area contributed by atoms with Crippen LogP contribution in [0.2, 0.25) is 0 Å². The summed E-state index contributed by atoms with van der Waals surface area (Å²) in [6.45, 7) is 0. The van der Waals surface area contributed by atoms with E-state index in [2.05, 4.69) is 20.9 Å². The van der Waals surface area contributed by atoms with Gasteiger partial charge in [-0.1, -0.05) is 28.1 Å². The molecule has 1 aliphatic rings. The second-order valence-electron chi connectivity index (χ2n) is 6.46. The molecule has 0 aliphatic carbocycles. The molecule has 132 valence electrons. The third kappa shape index (κ3) is 2.09. The highest BCUT2D eigenvalue weighted by Crippen LogP contribution is 2.36. The molecule has 3 aromatic carbocycles. The van der Waals surface area contributed by atoms with Crippen LogP contribution in [0.15, 0.2) is 57.8 Å². The molecule has 0 unspecified atom stereocenters. The van der Waals surface area contributed by atoms with E-state index < -0.39 is 0 Å². The minimum absolute atomic E-state index is 0.251. The predicted octanol–water partition coefficient (Wildman–Crippen LogP) is 3.58. The van der Waals surface area contributed by atoms with Crippen molar-refractivity contribution in [2.24, 2.45) is 7.05 Å². The smallest absolute Gasteiger partial charge is 0.306 e. The Morgan fingerprint density at radius 1 is 0.926 bits per heavy atom. The van der Waals surface area contributed by atoms with E-state index in [1.807, 2.05) is 12.1 Å². The number of nitrogens with zero attached hydrogens (tertiary/aromatic N) is 2. The Kier molecular flexibility index (Phi) is 3.21. The van der Waals surface area contributed by atoms with Crippen LogP contribution in [0.25, 0.3) is 21.8 Å². The summed E-state index contributed by atoms with van der Waals surface area (Å²) < 4.78 is 2.28. The monoisotopic (exact) mass is 421 g/mol. The summed E-state index contributed by atoms with van der Waals surface area (Å²) in [5.41, 5.74) is 2.40. The van der Waals surface area contributed by atoms with E-state index in [1.54, 1.807) is 43.4 Å². The Labute approximate surface area is 161 Å². The lowest BCUT2D eigenvalue weighted by Gasteiger charge is -2.27. The van der Waals surface area contributed by atoms with Crippen molar-refractivity contribution in [1.29, 1.82) is 0 Å². The molecule has 5 rings (SSSR count). The van der Waals surface area contributed by atoms with Gasteiger partial charge < -0.3 is 4.98 Å². The molecule has 0 atom stereocenters. The maximum Gasteiger partial charge on any atom is 0.326 e. The maximum atomic E-state index is 13.2. The minimum atomic E-state index is -0.379. The van der Waals surface area contributed by atoms with Gasteiger partial charge in [0, 0.05) is 28.0 Å². The van der Waals surface area contributed by atoms with Crippen LogP contribution in [0.5, 0.6) is 0 Å². The van der Waals surface area contributed by atoms with Crippen LogP contribution in [0.4, 0.5) is 5.69 Å². The Hall–Kier alpha value is -3.19. The van der Waals surface area contributed by atoms with Crippen molar-refractivity contribution >= 4 is 55.2 Å². The Morgan fingerprint density at radius 2 is 1.67 bits per heavy atom. The number of hydrogen-bond donors (Lipinski definition) is 1. The highest BCUT2D eigenvalue weighted by Gasteiger charge is 2.34. The first-order chi connectivity index (χ1) is 13.0. The van der Waals surface area contributed by atoms with Gasteiger partial charge in [0.25, 0.3) is 11.8 Å². The minimum Gasteiger partial charge on any atom is -0.306 e. The lowest BCUT2D eigenvalue weighted by atomic mass is 9.93. The zero-order valence-corrected chi connectivity index (χ0v) is 15.7. The Bertz CT molecular complexity index is 1340. The van der Waals surface area contributed by atoms with Gasteiger partial charge in [-0.05, 0) is 41.8 Å². The number of benzene rings is 3. The predicted molar refractivity (Wildman–Crippen MR) is 106 cm³/mol. The van der Waals surface area contributed by atoms with Crippen molar-refractivity contribution in [3.63, 3.8) is 0 Å². The van der Waals surface area contributed by atoms with E-state index in [1.165, 1.54) is 9.47 Å². The van der Waals surface area contributed by atoms with E-state index >= 15 is 0 Å². The Balaban J connectivity index is 1.77. The highest BCUT2D eigenvalue weighted by atomic mass is 79.9. The number of rotatable bonds is 1. The van der Waals surface area contributed by atoms with Crippen molar-refractivity contribution < 1.29 is 9.59 Å². The molecule has 2 heterocycles. The van der Waals surface area contributed by atoms with Gasteiger partial charge in [-0.15, -0.1) is 0 Å². The summed E-state index contributed by atoms with van der Waals surface area (Å²) in [6.07, 6.45) is 0. The number of carbonyl (C=O) groups is 2. The first-order valence-corrected chi connectivity index (χ1v) is 9.05. The van der Waals surface area contributed by atoms with Gasteiger partial charge in [0.2, 0.25) is 0 Å². The number of aryl methyl sites for hydroxylation is 1. The van der Waals surface area contributed by atoms with Crippen molar-refractivity contribution in [2.45, 2.75) is 0 Å². The summed E-state index contributed by atoms with van der Waals surface area (Å²) >= 11 is 3.48. The van der Waals surface area contributed by atoms with Crippen LogP contribution < -0.4 is 10.6 Å². The summed E-state index contributed by atoms with van der Waals surface area (Å²) in [7, 11) is 1.64. The fourth-order valence-electron chi connectivity index (χ4n) is 3.65. The summed E-state index contributed by atoms with van der Waals surface area (Å²) in [5, 5.41) is 1.49. The van der Waals surface area contributed by atoms with Crippen molar-refractivity contribution in [2.75, 3.05) is 4.90 Å². The Morgan fingerprint density at radius 3 is 2.44 bits per heavy atom. The number of carbonyl (C=O) groups excluding carboxylic acids is 2. The number of hydrogen-bond acceptors (Lipinski definition) is 3. The molecule has 2 amide bonds. The number of halogens is 1. The van der Waals surface area contributed by atoms with Gasteiger partial charge in [-0.2, -0.15) is 0 Å². The van der Waals surface area contributed by atoms with Crippen LogP contribution >= 0.6 is 15.9 Å². The van der Waals surface area contributed by atoms with Gasteiger partial charge >= 0.3 is 5.69 Å². The van der Waals surface area contributed by atoms with Gasteiger partial charge in [-0.25, -0.2) is 9.69 Å². The van der Waals surface area contributed by atoms with Crippen molar-refractivity contribution in [3.8, 4) is 0 Å². The van der Waals surface area contributed by atoms with E-state index in [0.29, 0.717) is 33.2 Å². The number of amides is 2. The molecular formula is C20H12BrN3O3. The fraction of sp³-hybridized carbons (Fsp3) is 0.0500. The molecule has 7 heteroatoms. The van der Waals surface area contributed by atoms with E-state index in [9.17, 15) is 14.4 Å². The van der Waals surface area contributed by atoms with E-state index in [4.69, 9.17) is 0 Å². The van der Waals surface area contributed by atoms with Crippen molar-refractivity contribution in [3.05, 3.63) is 74.6 Å². The second-order valence-corrected chi connectivity index (χ2v) is 7.31. The topological polar surface area (TPSA) is 75.2 Å². The number of nitrogens with one attached hydrogen (secondary N) is 1. The van der Waals surface area contributed by atoms with Gasteiger partial charge in [0.1, 0.15) is 0 Å². The molecule has 1 aliphatic heterocycles. The lowest BCUT2D eigenvalue weighted by Crippen LogP contribution is -2.40. The maximum absolute atomic E-state index is 13.2. The molecule has 0 fully saturated rings. The van der Waals surface area contributed by atoms with Crippen LogP contribution in [0, 0.1) is 0 Å². The number of imide groups is 1. The van der Waals surface area contributed by atoms with Crippen LogP contribution in [-0.2, 0) is 7.05 Å². The fourth-order valence-corrected chi connectivity index (χ4v) is 4.11. The molecule has 0 saturated heterocycles. The van der Waals surface area contributed by atoms with Gasteiger partial charge in [0.05, 0.1) is 16.7 Å². The number of aromatic amines is 1. The number of imidazole rings is 1.